The molecule has 0 amide bonds. The predicted molar refractivity (Wildman–Crippen MR) is 133 cm³/mol. The molecule has 1 aliphatic rings. The number of benzene rings is 2. The zero-order valence-electron chi connectivity index (χ0n) is 16.1. The van der Waals surface area contributed by atoms with Crippen LogP contribution in [0.15, 0.2) is 75.8 Å². The molecule has 2 unspecified atom stereocenters. The second kappa shape index (κ2) is 9.78. The maximum Gasteiger partial charge on any atom is 0.158 e. The van der Waals surface area contributed by atoms with Crippen LogP contribution in [-0.4, -0.2) is 21.9 Å². The lowest BCUT2D eigenvalue weighted by Gasteiger charge is -2.34. The van der Waals surface area contributed by atoms with Gasteiger partial charge in [0.2, 0.25) is 0 Å². The number of ether oxygens (including phenoxy) is 1. The first-order chi connectivity index (χ1) is 14.1. The van der Waals surface area contributed by atoms with E-state index in [0.717, 1.165) is 27.1 Å². The fraction of sp³-hybridized carbons (Fsp3) is 0.143. The molecular formula is C21H21ClN4OS3. The van der Waals surface area contributed by atoms with Gasteiger partial charge >= 0.3 is 0 Å². The van der Waals surface area contributed by atoms with Crippen molar-refractivity contribution in [3.8, 4) is 11.5 Å². The van der Waals surface area contributed by atoms with Gasteiger partial charge in [-0.3, -0.25) is 5.41 Å². The van der Waals surface area contributed by atoms with Crippen molar-refractivity contribution in [2.24, 2.45) is 5.73 Å². The molecule has 0 aliphatic carbocycles. The highest BCUT2D eigenvalue weighted by Crippen LogP contribution is 2.53. The second-order valence-electron chi connectivity index (χ2n) is 6.40. The van der Waals surface area contributed by atoms with Gasteiger partial charge < -0.3 is 15.8 Å². The Balaban J connectivity index is 0.00000256. The van der Waals surface area contributed by atoms with Gasteiger partial charge in [-0.25, -0.2) is 4.98 Å². The molecule has 9 heteroatoms. The molecule has 2 aromatic carbocycles. The van der Waals surface area contributed by atoms with E-state index in [-0.39, 0.29) is 24.2 Å². The quantitative estimate of drug-likeness (QED) is 0.280. The molecule has 0 fully saturated rings. The van der Waals surface area contributed by atoms with Crippen LogP contribution in [0.4, 0.5) is 5.69 Å². The predicted octanol–water partition coefficient (Wildman–Crippen LogP) is 6.14. The summed E-state index contributed by atoms with van der Waals surface area (Å²) in [5, 5.41) is 13.9. The molecule has 30 heavy (non-hydrogen) atoms. The van der Waals surface area contributed by atoms with Crippen molar-refractivity contribution in [1.82, 2.24) is 4.98 Å². The fourth-order valence-corrected chi connectivity index (χ4v) is 5.83. The van der Waals surface area contributed by atoms with Gasteiger partial charge in [-0.1, -0.05) is 36.0 Å². The van der Waals surface area contributed by atoms with Gasteiger partial charge in [-0.05, 0) is 42.7 Å². The number of thioether (sulfide) groups is 2. The van der Waals surface area contributed by atoms with Crippen molar-refractivity contribution >= 4 is 58.8 Å². The molecule has 5 nitrogen and oxygen atoms in total. The van der Waals surface area contributed by atoms with Gasteiger partial charge in [-0.15, -0.1) is 35.5 Å². The second-order valence-corrected chi connectivity index (χ2v) is 9.51. The summed E-state index contributed by atoms with van der Waals surface area (Å²) in [5.74, 6) is 1.48. The summed E-state index contributed by atoms with van der Waals surface area (Å²) in [6, 6.07) is 17.4. The van der Waals surface area contributed by atoms with Gasteiger partial charge in [0.15, 0.2) is 4.87 Å². The maximum absolute atomic E-state index is 8.38. The third-order valence-electron chi connectivity index (χ3n) is 4.54. The van der Waals surface area contributed by atoms with Crippen molar-refractivity contribution < 1.29 is 4.74 Å². The number of nitrogens with one attached hydrogen (secondary N) is 2. The molecule has 2 heterocycles. The fourth-order valence-electron chi connectivity index (χ4n) is 3.13. The van der Waals surface area contributed by atoms with Crippen LogP contribution in [0.3, 0.4) is 0 Å². The van der Waals surface area contributed by atoms with Gasteiger partial charge in [0, 0.05) is 15.3 Å². The van der Waals surface area contributed by atoms with Crippen LogP contribution in [-0.2, 0) is 0 Å². The van der Waals surface area contributed by atoms with Crippen molar-refractivity contribution in [2.45, 2.75) is 10.8 Å². The lowest BCUT2D eigenvalue weighted by atomic mass is 9.95. The van der Waals surface area contributed by atoms with Crippen molar-refractivity contribution in [2.75, 3.05) is 11.6 Å². The number of anilines is 1. The Hall–Kier alpha value is -2.13. The van der Waals surface area contributed by atoms with E-state index >= 15 is 0 Å². The van der Waals surface area contributed by atoms with Gasteiger partial charge in [-0.2, -0.15) is 0 Å². The number of rotatable bonds is 7. The van der Waals surface area contributed by atoms with Crippen LogP contribution in [0.2, 0.25) is 0 Å². The zero-order valence-corrected chi connectivity index (χ0v) is 19.3. The summed E-state index contributed by atoms with van der Waals surface area (Å²) in [5.41, 5.74) is 9.73. The Morgan fingerprint density at radius 1 is 1.17 bits per heavy atom. The number of aromatic nitrogens is 1. The molecule has 0 radical (unpaired) electrons. The van der Waals surface area contributed by atoms with E-state index in [9.17, 15) is 0 Å². The third kappa shape index (κ3) is 4.62. The van der Waals surface area contributed by atoms with Crippen LogP contribution in [0.25, 0.3) is 0 Å². The summed E-state index contributed by atoms with van der Waals surface area (Å²) >= 11 is 4.77. The molecular weight excluding hydrogens is 456 g/mol. The molecule has 156 valence electrons. The summed E-state index contributed by atoms with van der Waals surface area (Å²) in [6.45, 7) is 0. The number of thiazole rings is 1. The number of amidine groups is 1. The van der Waals surface area contributed by atoms with Crippen LogP contribution < -0.4 is 15.8 Å². The number of halogens is 1. The Kier molecular flexibility index (Phi) is 7.36. The first-order valence-electron chi connectivity index (χ1n) is 8.89. The first kappa shape index (κ1) is 22.6. The first-order valence-corrected chi connectivity index (χ1v) is 11.9. The molecule has 0 bridgehead atoms. The van der Waals surface area contributed by atoms with E-state index in [0.29, 0.717) is 0 Å². The van der Waals surface area contributed by atoms with E-state index < -0.39 is 4.87 Å². The number of nitrogens with two attached hydrogens (primary N) is 1. The van der Waals surface area contributed by atoms with Crippen molar-refractivity contribution in [3.05, 3.63) is 81.5 Å². The molecule has 4 rings (SSSR count). The monoisotopic (exact) mass is 476 g/mol. The van der Waals surface area contributed by atoms with Crippen LogP contribution in [0, 0.1) is 5.41 Å². The number of hydrogen-bond donors (Lipinski definition) is 3. The van der Waals surface area contributed by atoms with Crippen LogP contribution >= 0.6 is 47.3 Å². The van der Waals surface area contributed by atoms with E-state index in [1.807, 2.05) is 71.7 Å². The zero-order chi connectivity index (χ0) is 20.3. The molecule has 3 aromatic rings. The number of para-hydroxylation sites is 1. The summed E-state index contributed by atoms with van der Waals surface area (Å²) < 4.78 is 6.99. The SMILES string of the molecule is CSC1=CC(c2cscn2)C(Nc2ccc(Oc3ccccc3)cc2)(C(=N)N)S1.Cl. The van der Waals surface area contributed by atoms with Crippen LogP contribution in [0.5, 0.6) is 11.5 Å². The Labute approximate surface area is 194 Å². The highest BCUT2D eigenvalue weighted by molar-refractivity contribution is 8.23. The normalized spacial score (nSPS) is 20.2. The van der Waals surface area contributed by atoms with Gasteiger partial charge in [0.1, 0.15) is 17.3 Å². The van der Waals surface area contributed by atoms with Crippen molar-refractivity contribution in [1.29, 1.82) is 5.41 Å². The average Bonchev–Trinajstić information content (AvgIpc) is 3.38. The van der Waals surface area contributed by atoms with E-state index in [1.54, 1.807) is 34.9 Å². The van der Waals surface area contributed by atoms with Crippen LogP contribution in [0.1, 0.15) is 11.6 Å². The lowest BCUT2D eigenvalue weighted by molar-refractivity contribution is 0.483. The van der Waals surface area contributed by atoms with E-state index in [1.165, 1.54) is 0 Å². The third-order valence-corrected chi connectivity index (χ3v) is 7.67. The van der Waals surface area contributed by atoms with E-state index in [4.69, 9.17) is 15.9 Å². The number of hydrogen-bond acceptors (Lipinski definition) is 7. The van der Waals surface area contributed by atoms with Gasteiger partial charge in [0.25, 0.3) is 0 Å². The average molecular weight is 477 g/mol. The minimum atomic E-state index is -0.811. The molecule has 0 spiro atoms. The summed E-state index contributed by atoms with van der Waals surface area (Å²) in [6.07, 6.45) is 4.18. The molecule has 1 aromatic heterocycles. The highest BCUT2D eigenvalue weighted by Gasteiger charge is 2.48. The minimum absolute atomic E-state index is 0. The molecule has 4 N–H and O–H groups in total. The molecule has 1 aliphatic heterocycles. The number of nitrogens with zero attached hydrogens (tertiary/aromatic N) is 1. The lowest BCUT2D eigenvalue weighted by Crippen LogP contribution is -2.49. The summed E-state index contributed by atoms with van der Waals surface area (Å²) in [4.78, 5) is 3.68. The molecule has 2 atom stereocenters. The Morgan fingerprint density at radius 3 is 2.47 bits per heavy atom. The Bertz CT molecular complexity index is 1010. The molecule has 0 saturated heterocycles. The Morgan fingerprint density at radius 2 is 1.87 bits per heavy atom. The molecule has 0 saturated carbocycles. The topological polar surface area (TPSA) is 84.0 Å². The standard InChI is InChI=1S/C21H20N4OS3.ClH/c1-27-19-11-17(18-12-28-13-24-18)21(29-19,20(22)23)25-14-7-9-16(10-8-14)26-15-5-3-2-4-6-15;/h2-13,17,25H,1H3,(H3,22,23);1H. The van der Waals surface area contributed by atoms with Crippen molar-refractivity contribution in [3.63, 3.8) is 0 Å². The largest absolute Gasteiger partial charge is 0.457 e. The minimum Gasteiger partial charge on any atom is -0.457 e. The van der Waals surface area contributed by atoms with Gasteiger partial charge in [0.05, 0.1) is 17.1 Å². The van der Waals surface area contributed by atoms with E-state index in [2.05, 4.69) is 16.4 Å². The highest BCUT2D eigenvalue weighted by atomic mass is 35.5. The summed E-state index contributed by atoms with van der Waals surface area (Å²) in [7, 11) is 0. The smallest absolute Gasteiger partial charge is 0.158 e. The maximum atomic E-state index is 8.38.